The number of carbonyl (C=O) groups excluding carboxylic acids is 6. The SMILES string of the molecule is CC(=O)OC[C@H]1O[C@@H](Oc2ccc([N+](=O)[O-])cc2)[C@H](OC(C)=O)[C@@H](OC(C)=O)[C@@H]1O[C@@H]1OC[C@@H](OC(C)=O)[C@H](OC(C)=O)[C@H]1OC(C)=O. The number of esters is 6. The summed E-state index contributed by atoms with van der Waals surface area (Å²) in [6.45, 7) is 5.42. The molecular formula is C29H35NO18. The molecule has 19 nitrogen and oxygen atoms in total. The minimum atomic E-state index is -1.64. The van der Waals surface area contributed by atoms with Crippen LogP contribution in [0.3, 0.4) is 0 Å². The number of benzene rings is 1. The molecule has 9 atom stereocenters. The van der Waals surface area contributed by atoms with E-state index >= 15 is 0 Å². The smallest absolute Gasteiger partial charge is 0.303 e. The van der Waals surface area contributed by atoms with E-state index in [9.17, 15) is 38.9 Å². The van der Waals surface area contributed by atoms with Crippen LogP contribution in [-0.4, -0.2) is 109 Å². The van der Waals surface area contributed by atoms with Crippen molar-refractivity contribution in [3.8, 4) is 5.75 Å². The summed E-state index contributed by atoms with van der Waals surface area (Å²) >= 11 is 0. The third kappa shape index (κ3) is 10.6. The standard InChI is InChI=1S/C29H35NO18/c1-13(31)39-11-22-23(48-28-26(44-17(5)35)24(42-15(3)33)21(12-40-28)41-14(2)32)25(43-16(4)34)27(45-18(6)36)29(47-22)46-20-9-7-19(8-10-20)30(37)38/h7-10,21-29H,11-12H2,1-6H3/t21-,22-,23-,24+,25+,26-,27-,28+,29-/m1/s1. The molecule has 0 aliphatic carbocycles. The first-order chi connectivity index (χ1) is 22.5. The number of nitro benzene ring substituents is 1. The fraction of sp³-hybridized carbons (Fsp3) is 0.586. The second-order valence-corrected chi connectivity index (χ2v) is 10.5. The van der Waals surface area contributed by atoms with Crippen LogP contribution in [0, 0.1) is 10.1 Å². The minimum Gasteiger partial charge on any atom is -0.463 e. The molecule has 264 valence electrons. The molecule has 19 heteroatoms. The van der Waals surface area contributed by atoms with Gasteiger partial charge in [-0.25, -0.2) is 0 Å². The van der Waals surface area contributed by atoms with Crippen LogP contribution in [-0.2, 0) is 71.4 Å². The maximum absolute atomic E-state index is 12.4. The Labute approximate surface area is 273 Å². The summed E-state index contributed by atoms with van der Waals surface area (Å²) in [7, 11) is 0. The maximum Gasteiger partial charge on any atom is 0.303 e. The Bertz CT molecular complexity index is 1360. The van der Waals surface area contributed by atoms with Crippen LogP contribution < -0.4 is 4.74 Å². The summed E-state index contributed by atoms with van der Waals surface area (Å²) < 4.78 is 55.9. The van der Waals surface area contributed by atoms with Crippen molar-refractivity contribution in [2.24, 2.45) is 0 Å². The van der Waals surface area contributed by atoms with Gasteiger partial charge < -0.3 is 47.4 Å². The zero-order valence-electron chi connectivity index (χ0n) is 26.7. The van der Waals surface area contributed by atoms with Gasteiger partial charge in [0.25, 0.3) is 5.69 Å². The molecule has 0 amide bonds. The van der Waals surface area contributed by atoms with Crippen LogP contribution in [0.25, 0.3) is 0 Å². The van der Waals surface area contributed by atoms with E-state index in [2.05, 4.69) is 0 Å². The lowest BCUT2D eigenvalue weighted by Crippen LogP contribution is -2.66. The van der Waals surface area contributed by atoms with Crippen molar-refractivity contribution < 1.29 is 81.1 Å². The normalized spacial score (nSPS) is 28.2. The second-order valence-electron chi connectivity index (χ2n) is 10.5. The number of rotatable bonds is 12. The van der Waals surface area contributed by atoms with E-state index in [1.165, 1.54) is 12.1 Å². The first-order valence-electron chi connectivity index (χ1n) is 14.4. The van der Waals surface area contributed by atoms with Crippen molar-refractivity contribution in [1.29, 1.82) is 0 Å². The minimum absolute atomic E-state index is 0.0150. The molecule has 0 aromatic heterocycles. The number of ether oxygens (including phenoxy) is 10. The van der Waals surface area contributed by atoms with Crippen LogP contribution in [0.4, 0.5) is 5.69 Å². The van der Waals surface area contributed by atoms with Crippen LogP contribution in [0.15, 0.2) is 24.3 Å². The largest absolute Gasteiger partial charge is 0.463 e. The van der Waals surface area contributed by atoms with Crippen molar-refractivity contribution in [3.63, 3.8) is 0 Å². The molecule has 2 fully saturated rings. The van der Waals surface area contributed by atoms with Gasteiger partial charge in [-0.2, -0.15) is 0 Å². The first-order valence-corrected chi connectivity index (χ1v) is 14.4. The lowest BCUT2D eigenvalue weighted by atomic mass is 9.97. The predicted molar refractivity (Wildman–Crippen MR) is 151 cm³/mol. The number of hydrogen-bond donors (Lipinski definition) is 0. The highest BCUT2D eigenvalue weighted by Gasteiger charge is 2.56. The van der Waals surface area contributed by atoms with Gasteiger partial charge in [0.05, 0.1) is 11.5 Å². The summed E-state index contributed by atoms with van der Waals surface area (Å²) in [5.74, 6) is -4.96. The van der Waals surface area contributed by atoms with E-state index in [1.807, 2.05) is 0 Å². The molecule has 0 radical (unpaired) electrons. The molecule has 0 unspecified atom stereocenters. The van der Waals surface area contributed by atoms with E-state index in [0.29, 0.717) is 0 Å². The van der Waals surface area contributed by atoms with E-state index < -0.39 is 109 Å². The summed E-state index contributed by atoms with van der Waals surface area (Å²) in [5, 5.41) is 11.1. The van der Waals surface area contributed by atoms with Gasteiger partial charge in [-0.3, -0.25) is 38.9 Å². The van der Waals surface area contributed by atoms with Gasteiger partial charge in [-0.15, -0.1) is 0 Å². The molecule has 0 bridgehead atoms. The summed E-state index contributed by atoms with van der Waals surface area (Å²) in [4.78, 5) is 82.9. The molecule has 2 aliphatic heterocycles. The highest BCUT2D eigenvalue weighted by Crippen LogP contribution is 2.34. The number of nitrogens with zero attached hydrogens (tertiary/aromatic N) is 1. The highest BCUT2D eigenvalue weighted by molar-refractivity contribution is 5.69. The third-order valence-electron chi connectivity index (χ3n) is 6.54. The molecule has 0 N–H and O–H groups in total. The van der Waals surface area contributed by atoms with Gasteiger partial charge >= 0.3 is 35.8 Å². The molecular weight excluding hydrogens is 650 g/mol. The van der Waals surface area contributed by atoms with Gasteiger partial charge in [0, 0.05) is 53.7 Å². The van der Waals surface area contributed by atoms with Crippen molar-refractivity contribution in [2.45, 2.75) is 96.9 Å². The Morgan fingerprint density at radius 2 is 1.19 bits per heavy atom. The van der Waals surface area contributed by atoms with Crippen LogP contribution in [0.1, 0.15) is 41.5 Å². The fourth-order valence-electron chi connectivity index (χ4n) is 4.88. The van der Waals surface area contributed by atoms with Crippen LogP contribution in [0.2, 0.25) is 0 Å². The number of nitro groups is 1. The Kier molecular flexibility index (Phi) is 13.1. The Morgan fingerprint density at radius 3 is 1.69 bits per heavy atom. The quantitative estimate of drug-likeness (QED) is 0.127. The molecule has 1 aromatic rings. The van der Waals surface area contributed by atoms with Gasteiger partial charge in [0.2, 0.25) is 12.4 Å². The molecule has 0 saturated carbocycles. The van der Waals surface area contributed by atoms with Crippen LogP contribution >= 0.6 is 0 Å². The second kappa shape index (κ2) is 16.8. The lowest BCUT2D eigenvalue weighted by molar-refractivity contribution is -0.384. The fourth-order valence-corrected chi connectivity index (χ4v) is 4.88. The number of hydrogen-bond acceptors (Lipinski definition) is 18. The average Bonchev–Trinajstić information content (AvgIpc) is 2.96. The average molecular weight is 686 g/mol. The van der Waals surface area contributed by atoms with Gasteiger partial charge in [0.15, 0.2) is 30.7 Å². The summed E-state index contributed by atoms with van der Waals surface area (Å²) in [5.41, 5.74) is -0.250. The van der Waals surface area contributed by atoms with E-state index in [0.717, 1.165) is 53.7 Å². The van der Waals surface area contributed by atoms with Crippen molar-refractivity contribution >= 4 is 41.5 Å². The van der Waals surface area contributed by atoms with E-state index in [-0.39, 0.29) is 11.4 Å². The van der Waals surface area contributed by atoms with Crippen molar-refractivity contribution in [2.75, 3.05) is 13.2 Å². The highest BCUT2D eigenvalue weighted by atomic mass is 16.8. The van der Waals surface area contributed by atoms with Gasteiger partial charge in [-0.05, 0) is 12.1 Å². The Balaban J connectivity index is 2.07. The van der Waals surface area contributed by atoms with E-state index in [4.69, 9.17) is 47.4 Å². The van der Waals surface area contributed by atoms with Crippen LogP contribution in [0.5, 0.6) is 5.75 Å². The van der Waals surface area contributed by atoms with Gasteiger partial charge in [-0.1, -0.05) is 0 Å². The van der Waals surface area contributed by atoms with E-state index in [1.54, 1.807) is 0 Å². The van der Waals surface area contributed by atoms with Crippen molar-refractivity contribution in [1.82, 2.24) is 0 Å². The number of carbonyl (C=O) groups is 6. The van der Waals surface area contributed by atoms with Crippen molar-refractivity contribution in [3.05, 3.63) is 34.4 Å². The molecule has 48 heavy (non-hydrogen) atoms. The molecule has 1 aromatic carbocycles. The molecule has 2 heterocycles. The molecule has 0 spiro atoms. The molecule has 2 saturated heterocycles. The summed E-state index contributed by atoms with van der Waals surface area (Å²) in [6.07, 6.45) is -13.6. The molecule has 3 rings (SSSR count). The topological polar surface area (TPSA) is 238 Å². The monoisotopic (exact) mass is 685 g/mol. The lowest BCUT2D eigenvalue weighted by Gasteiger charge is -2.47. The summed E-state index contributed by atoms with van der Waals surface area (Å²) in [6, 6.07) is 4.77. The zero-order chi connectivity index (χ0) is 35.7. The predicted octanol–water partition coefficient (Wildman–Crippen LogP) is 0.662. The Morgan fingerprint density at radius 1 is 0.688 bits per heavy atom. The maximum atomic E-state index is 12.4. The van der Waals surface area contributed by atoms with Gasteiger partial charge in [0.1, 0.15) is 24.6 Å². The first kappa shape index (κ1) is 37.6. The number of non-ortho nitro benzene ring substituents is 1. The zero-order valence-corrected chi connectivity index (χ0v) is 26.7. The Hall–Kier alpha value is -4.88. The third-order valence-corrected chi connectivity index (χ3v) is 6.54. The molecule has 2 aliphatic rings.